The average Bonchev–Trinajstić information content (AvgIpc) is 3.38. The molecule has 1 saturated carbocycles. The van der Waals surface area contributed by atoms with Gasteiger partial charge in [-0.2, -0.15) is 0 Å². The van der Waals surface area contributed by atoms with Crippen LogP contribution in [0.25, 0.3) is 0 Å². The molecule has 0 spiro atoms. The molecule has 208 valence electrons. The summed E-state index contributed by atoms with van der Waals surface area (Å²) in [6, 6.07) is 13.6. The molecule has 39 heavy (non-hydrogen) atoms. The Bertz CT molecular complexity index is 1170. The van der Waals surface area contributed by atoms with Gasteiger partial charge in [0, 0.05) is 31.2 Å². The van der Waals surface area contributed by atoms with E-state index in [1.165, 1.54) is 28.0 Å². The van der Waals surface area contributed by atoms with Gasteiger partial charge >= 0.3 is 12.0 Å². The number of benzene rings is 2. The van der Waals surface area contributed by atoms with Gasteiger partial charge in [0.15, 0.2) is 6.17 Å². The first-order valence-electron chi connectivity index (χ1n) is 13.5. The monoisotopic (exact) mass is 538 g/mol. The summed E-state index contributed by atoms with van der Waals surface area (Å²) in [5, 5.41) is 15.0. The van der Waals surface area contributed by atoms with E-state index >= 15 is 0 Å². The first-order chi connectivity index (χ1) is 18.8. The summed E-state index contributed by atoms with van der Waals surface area (Å²) in [5.41, 5.74) is 1.20. The quantitative estimate of drug-likeness (QED) is 0.446. The van der Waals surface area contributed by atoms with Crippen LogP contribution in [-0.4, -0.2) is 64.0 Å². The van der Waals surface area contributed by atoms with Crippen molar-refractivity contribution >= 4 is 29.5 Å². The summed E-state index contributed by atoms with van der Waals surface area (Å²) < 4.78 is 13.7. The Morgan fingerprint density at radius 1 is 0.949 bits per heavy atom. The minimum absolute atomic E-state index is 0.0111. The first-order valence-corrected chi connectivity index (χ1v) is 13.5. The molecule has 2 atom stereocenters. The van der Waals surface area contributed by atoms with Gasteiger partial charge in [0.05, 0.1) is 6.42 Å². The molecule has 1 aliphatic heterocycles. The number of aryl methyl sites for hydroxylation is 1. The molecule has 4 amide bonds. The molecule has 2 aromatic rings. The molecular weight excluding hydrogens is 503 g/mol. The Morgan fingerprint density at radius 3 is 2.36 bits per heavy atom. The minimum Gasteiger partial charge on any atom is -0.481 e. The topological polar surface area (TPSA) is 119 Å². The van der Waals surface area contributed by atoms with Gasteiger partial charge in [0.2, 0.25) is 5.91 Å². The van der Waals surface area contributed by atoms with Crippen molar-refractivity contribution in [3.8, 4) is 0 Å². The number of rotatable bonds is 9. The Hall–Kier alpha value is -3.95. The van der Waals surface area contributed by atoms with Crippen molar-refractivity contribution < 1.29 is 28.7 Å². The van der Waals surface area contributed by atoms with Crippen molar-refractivity contribution in [2.24, 2.45) is 5.92 Å². The number of aliphatic carboxylic acids is 1. The summed E-state index contributed by atoms with van der Waals surface area (Å²) in [6.07, 6.45) is 3.77. The molecule has 2 aliphatic rings. The lowest BCUT2D eigenvalue weighted by atomic mass is 9.82. The summed E-state index contributed by atoms with van der Waals surface area (Å²) in [4.78, 5) is 54.5. The van der Waals surface area contributed by atoms with Crippen LogP contribution in [0.4, 0.5) is 14.9 Å². The number of anilines is 1. The number of nitrogens with zero attached hydrogens (tertiary/aromatic N) is 2. The predicted molar refractivity (Wildman–Crippen MR) is 143 cm³/mol. The molecule has 9 nitrogen and oxygen atoms in total. The van der Waals surface area contributed by atoms with E-state index in [-0.39, 0.29) is 43.4 Å². The van der Waals surface area contributed by atoms with Gasteiger partial charge in [-0.3, -0.25) is 19.3 Å². The summed E-state index contributed by atoms with van der Waals surface area (Å²) in [5.74, 6) is -2.41. The smallest absolute Gasteiger partial charge is 0.323 e. The van der Waals surface area contributed by atoms with Gasteiger partial charge in [-0.25, -0.2) is 9.18 Å². The second-order valence-corrected chi connectivity index (χ2v) is 10.2. The van der Waals surface area contributed by atoms with Crippen LogP contribution in [0.1, 0.15) is 50.5 Å². The third-order valence-corrected chi connectivity index (χ3v) is 7.48. The number of hydrogen-bond acceptors (Lipinski definition) is 4. The molecular formula is C29H35FN4O5. The van der Waals surface area contributed by atoms with Crippen molar-refractivity contribution in [3.63, 3.8) is 0 Å². The van der Waals surface area contributed by atoms with Gasteiger partial charge in [-0.1, -0.05) is 55.7 Å². The Balaban J connectivity index is 1.53. The Morgan fingerprint density at radius 2 is 1.67 bits per heavy atom. The second-order valence-electron chi connectivity index (χ2n) is 10.2. The second kappa shape index (κ2) is 13.2. The number of carbonyl (C=O) groups excluding carboxylic acids is 3. The van der Waals surface area contributed by atoms with Gasteiger partial charge in [0.25, 0.3) is 5.91 Å². The fourth-order valence-corrected chi connectivity index (χ4v) is 5.50. The fraction of sp³-hybridized carbons (Fsp3) is 0.448. The van der Waals surface area contributed by atoms with Crippen molar-refractivity contribution in [3.05, 3.63) is 66.0 Å². The molecule has 1 aliphatic carbocycles. The number of hydrogen-bond donors (Lipinski definition) is 3. The summed E-state index contributed by atoms with van der Waals surface area (Å²) in [6.45, 7) is 0.249. The van der Waals surface area contributed by atoms with Crippen molar-refractivity contribution in [1.82, 2.24) is 15.1 Å². The van der Waals surface area contributed by atoms with Crippen LogP contribution in [0.2, 0.25) is 0 Å². The predicted octanol–water partition coefficient (Wildman–Crippen LogP) is 4.00. The minimum atomic E-state index is -1.25. The van der Waals surface area contributed by atoms with Crippen molar-refractivity contribution in [1.29, 1.82) is 0 Å². The molecule has 2 fully saturated rings. The van der Waals surface area contributed by atoms with Gasteiger partial charge < -0.3 is 20.6 Å². The van der Waals surface area contributed by atoms with Gasteiger partial charge in [-0.15, -0.1) is 0 Å². The molecule has 1 saturated heterocycles. The van der Waals surface area contributed by atoms with Crippen LogP contribution in [-0.2, 0) is 20.8 Å². The highest BCUT2D eigenvalue weighted by atomic mass is 19.1. The van der Waals surface area contributed by atoms with Crippen LogP contribution < -0.4 is 10.6 Å². The van der Waals surface area contributed by atoms with Crippen LogP contribution >= 0.6 is 0 Å². The summed E-state index contributed by atoms with van der Waals surface area (Å²) >= 11 is 0. The van der Waals surface area contributed by atoms with E-state index in [9.17, 15) is 28.7 Å². The molecule has 2 aromatic carbocycles. The molecule has 3 N–H and O–H groups in total. The van der Waals surface area contributed by atoms with Gasteiger partial charge in [0.1, 0.15) is 5.82 Å². The number of carboxylic acid groups (broad SMARTS) is 1. The normalized spacial score (nSPS) is 18.4. The zero-order valence-corrected chi connectivity index (χ0v) is 21.9. The van der Waals surface area contributed by atoms with E-state index in [1.807, 2.05) is 30.3 Å². The number of carbonyl (C=O) groups is 4. The van der Waals surface area contributed by atoms with Crippen LogP contribution in [0.5, 0.6) is 0 Å². The number of urea groups is 1. The molecule has 1 heterocycles. The highest BCUT2D eigenvalue weighted by Gasteiger charge is 2.43. The van der Waals surface area contributed by atoms with Gasteiger partial charge in [-0.05, 0) is 48.9 Å². The lowest BCUT2D eigenvalue weighted by Crippen LogP contribution is -2.57. The maximum absolute atomic E-state index is 13.7. The van der Waals surface area contributed by atoms with Crippen LogP contribution in [0, 0.1) is 11.7 Å². The number of halogens is 1. The Labute approximate surface area is 227 Å². The van der Waals surface area contributed by atoms with E-state index in [2.05, 4.69) is 10.6 Å². The average molecular weight is 539 g/mol. The van der Waals surface area contributed by atoms with E-state index < -0.39 is 35.9 Å². The fourth-order valence-electron chi connectivity index (χ4n) is 5.50. The third kappa shape index (κ3) is 7.55. The van der Waals surface area contributed by atoms with Crippen molar-refractivity contribution in [2.45, 2.75) is 63.6 Å². The zero-order chi connectivity index (χ0) is 27.8. The SMILES string of the molecule is O=C(O)CC(NC(=O)C1N(C(=O)CCc2ccccc2)CCN1C(=O)Nc1cccc(F)c1)C1CCCCC1. The van der Waals surface area contributed by atoms with E-state index in [4.69, 9.17) is 0 Å². The maximum atomic E-state index is 13.7. The molecule has 2 unspecified atom stereocenters. The molecule has 0 radical (unpaired) electrons. The molecule has 10 heteroatoms. The number of carboxylic acids is 1. The number of nitrogens with one attached hydrogen (secondary N) is 2. The van der Waals surface area contributed by atoms with E-state index in [1.54, 1.807) is 0 Å². The number of amides is 4. The zero-order valence-electron chi connectivity index (χ0n) is 21.9. The molecule has 0 bridgehead atoms. The van der Waals surface area contributed by atoms with E-state index in [0.29, 0.717) is 6.42 Å². The highest BCUT2D eigenvalue weighted by Crippen LogP contribution is 2.28. The molecule has 0 aromatic heterocycles. The first kappa shape index (κ1) is 28.1. The lowest BCUT2D eigenvalue weighted by Gasteiger charge is -2.34. The maximum Gasteiger partial charge on any atom is 0.323 e. The lowest BCUT2D eigenvalue weighted by molar-refractivity contribution is -0.143. The standard InChI is InChI=1S/C29H35FN4O5/c30-22-12-7-13-23(18-22)31-29(39)34-17-16-33(25(35)15-14-20-8-3-1-4-9-20)28(34)27(38)32-24(19-26(36)37)21-10-5-2-6-11-21/h1,3-4,7-9,12-13,18,21,24,28H,2,5-6,10-11,14-17,19H2,(H,31,39)(H,32,38)(H,36,37). The van der Waals surface area contributed by atoms with Crippen LogP contribution in [0.15, 0.2) is 54.6 Å². The largest absolute Gasteiger partial charge is 0.481 e. The third-order valence-electron chi connectivity index (χ3n) is 7.48. The summed E-state index contributed by atoms with van der Waals surface area (Å²) in [7, 11) is 0. The van der Waals surface area contributed by atoms with Crippen molar-refractivity contribution in [2.75, 3.05) is 18.4 Å². The van der Waals surface area contributed by atoms with Crippen LogP contribution in [0.3, 0.4) is 0 Å². The highest BCUT2D eigenvalue weighted by molar-refractivity contribution is 5.96. The molecule has 4 rings (SSSR count). The Kier molecular flexibility index (Phi) is 9.51. The van der Waals surface area contributed by atoms with E-state index in [0.717, 1.165) is 43.7 Å².